The fraction of sp³-hybridized carbons (Fsp3) is 0.250. The second-order valence-electron chi connectivity index (χ2n) is 3.03. The molecule has 0 unspecified atom stereocenters. The maximum Gasteiger partial charge on any atom is 0.162 e. The molecular formula is C12H14O. The summed E-state index contributed by atoms with van der Waals surface area (Å²) in [4.78, 5) is 11.5. The Kier molecular flexibility index (Phi) is 3.44. The van der Waals surface area contributed by atoms with Gasteiger partial charge in [0, 0.05) is 5.92 Å². The maximum atomic E-state index is 11.5. The number of carbonyl (C=O) groups excluding carboxylic acids is 1. The molecule has 1 heteroatoms. The van der Waals surface area contributed by atoms with Crippen LogP contribution in [0.3, 0.4) is 0 Å². The van der Waals surface area contributed by atoms with Crippen LogP contribution in [0, 0.1) is 0 Å². The summed E-state index contributed by atoms with van der Waals surface area (Å²) >= 11 is 0. The minimum atomic E-state index is -0.0302. The lowest BCUT2D eigenvalue weighted by Crippen LogP contribution is -2.05. The highest BCUT2D eigenvalue weighted by atomic mass is 16.1. The molecule has 0 aromatic heterocycles. The molecule has 0 radical (unpaired) electrons. The molecule has 0 spiro atoms. The van der Waals surface area contributed by atoms with Gasteiger partial charge >= 0.3 is 0 Å². The van der Waals surface area contributed by atoms with Gasteiger partial charge in [-0.25, -0.2) is 0 Å². The molecule has 0 aliphatic rings. The highest BCUT2D eigenvalue weighted by Crippen LogP contribution is 2.15. The fourth-order valence-electron chi connectivity index (χ4n) is 1.21. The van der Waals surface area contributed by atoms with Gasteiger partial charge in [0.05, 0.1) is 0 Å². The van der Waals surface area contributed by atoms with Crippen molar-refractivity contribution in [2.24, 2.45) is 0 Å². The van der Waals surface area contributed by atoms with Gasteiger partial charge in [-0.3, -0.25) is 4.79 Å². The first-order valence-electron chi connectivity index (χ1n) is 4.47. The molecule has 1 atom stereocenters. The average Bonchev–Trinajstić information content (AvgIpc) is 2.18. The number of hydrogen-bond donors (Lipinski definition) is 0. The summed E-state index contributed by atoms with van der Waals surface area (Å²) in [5.74, 6) is 0.131. The Bertz CT molecular complexity index is 298. The molecule has 0 heterocycles. The summed E-state index contributed by atoms with van der Waals surface area (Å²) in [5, 5.41) is 0. The molecule has 0 fully saturated rings. The van der Waals surface area contributed by atoms with Crippen molar-refractivity contribution in [3.8, 4) is 0 Å². The Hall–Kier alpha value is -1.37. The van der Waals surface area contributed by atoms with Gasteiger partial charge in [0.2, 0.25) is 0 Å². The molecule has 1 nitrogen and oxygen atoms in total. The Morgan fingerprint density at radius 1 is 1.31 bits per heavy atom. The fourth-order valence-corrected chi connectivity index (χ4v) is 1.21. The summed E-state index contributed by atoms with van der Waals surface area (Å²) < 4.78 is 0. The Balaban J connectivity index is 2.79. The number of hydrogen-bond acceptors (Lipinski definition) is 1. The van der Waals surface area contributed by atoms with Crippen LogP contribution in [-0.2, 0) is 4.79 Å². The van der Waals surface area contributed by atoms with Gasteiger partial charge in [0.25, 0.3) is 0 Å². The standard InChI is InChI=1S/C12H14O/c1-3-7-12(13)10(2)11-8-5-4-6-9-11/h3-10H,1-2H3/b7-3-/t10-/m1/s1. The van der Waals surface area contributed by atoms with Crippen molar-refractivity contribution in [3.05, 3.63) is 48.0 Å². The van der Waals surface area contributed by atoms with Crippen molar-refractivity contribution in [2.75, 3.05) is 0 Å². The van der Waals surface area contributed by atoms with Gasteiger partial charge in [-0.2, -0.15) is 0 Å². The number of ketones is 1. The first-order valence-corrected chi connectivity index (χ1v) is 4.47. The molecule has 0 aliphatic carbocycles. The van der Waals surface area contributed by atoms with Crippen molar-refractivity contribution in [1.82, 2.24) is 0 Å². The highest BCUT2D eigenvalue weighted by Gasteiger charge is 2.10. The molecule has 0 aliphatic heterocycles. The molecule has 13 heavy (non-hydrogen) atoms. The zero-order valence-corrected chi connectivity index (χ0v) is 8.03. The largest absolute Gasteiger partial charge is 0.294 e. The molecule has 1 aromatic rings. The summed E-state index contributed by atoms with van der Waals surface area (Å²) in [6.07, 6.45) is 3.40. The Labute approximate surface area is 79.1 Å². The smallest absolute Gasteiger partial charge is 0.162 e. The van der Waals surface area contributed by atoms with Crippen molar-refractivity contribution in [2.45, 2.75) is 19.8 Å². The average molecular weight is 174 g/mol. The van der Waals surface area contributed by atoms with Gasteiger partial charge in [-0.1, -0.05) is 43.3 Å². The number of allylic oxidation sites excluding steroid dienone is 2. The quantitative estimate of drug-likeness (QED) is 0.644. The third-order valence-electron chi connectivity index (χ3n) is 2.06. The minimum absolute atomic E-state index is 0.0302. The third-order valence-corrected chi connectivity index (χ3v) is 2.06. The zero-order valence-electron chi connectivity index (χ0n) is 8.03. The van der Waals surface area contributed by atoms with Crippen LogP contribution >= 0.6 is 0 Å². The van der Waals surface area contributed by atoms with E-state index in [9.17, 15) is 4.79 Å². The molecule has 1 rings (SSSR count). The van der Waals surface area contributed by atoms with Crippen molar-refractivity contribution in [3.63, 3.8) is 0 Å². The van der Waals surface area contributed by atoms with Gasteiger partial charge in [-0.05, 0) is 18.6 Å². The molecule has 0 saturated heterocycles. The predicted molar refractivity (Wildman–Crippen MR) is 54.7 cm³/mol. The minimum Gasteiger partial charge on any atom is -0.294 e. The summed E-state index contributed by atoms with van der Waals surface area (Å²) in [6.45, 7) is 3.78. The van der Waals surface area contributed by atoms with E-state index in [-0.39, 0.29) is 11.7 Å². The van der Waals surface area contributed by atoms with E-state index in [1.54, 1.807) is 12.2 Å². The second-order valence-corrected chi connectivity index (χ2v) is 3.03. The lowest BCUT2D eigenvalue weighted by molar-refractivity contribution is -0.115. The first kappa shape index (κ1) is 9.72. The molecule has 68 valence electrons. The van der Waals surface area contributed by atoms with Crippen molar-refractivity contribution in [1.29, 1.82) is 0 Å². The second kappa shape index (κ2) is 4.61. The highest BCUT2D eigenvalue weighted by molar-refractivity contribution is 5.94. The van der Waals surface area contributed by atoms with Crippen molar-refractivity contribution >= 4 is 5.78 Å². The van der Waals surface area contributed by atoms with E-state index in [1.807, 2.05) is 44.2 Å². The third kappa shape index (κ3) is 2.55. The van der Waals surface area contributed by atoms with Gasteiger partial charge in [0.15, 0.2) is 5.78 Å². The number of rotatable bonds is 3. The van der Waals surface area contributed by atoms with Crippen LogP contribution in [0.15, 0.2) is 42.5 Å². The van der Waals surface area contributed by atoms with E-state index in [4.69, 9.17) is 0 Å². The lowest BCUT2D eigenvalue weighted by atomic mass is 9.97. The summed E-state index contributed by atoms with van der Waals surface area (Å²) in [6, 6.07) is 9.82. The first-order chi connectivity index (χ1) is 6.25. The lowest BCUT2D eigenvalue weighted by Gasteiger charge is -2.06. The van der Waals surface area contributed by atoms with Crippen LogP contribution < -0.4 is 0 Å². The molecule has 1 aromatic carbocycles. The molecule has 0 amide bonds. The maximum absolute atomic E-state index is 11.5. The van der Waals surface area contributed by atoms with E-state index in [0.29, 0.717) is 0 Å². The Morgan fingerprint density at radius 3 is 2.46 bits per heavy atom. The number of carbonyl (C=O) groups is 1. The molecule has 0 bridgehead atoms. The van der Waals surface area contributed by atoms with Crippen LogP contribution in [-0.4, -0.2) is 5.78 Å². The molecular weight excluding hydrogens is 160 g/mol. The van der Waals surface area contributed by atoms with Crippen LogP contribution in [0.2, 0.25) is 0 Å². The topological polar surface area (TPSA) is 17.1 Å². The van der Waals surface area contributed by atoms with Crippen molar-refractivity contribution < 1.29 is 4.79 Å². The van der Waals surface area contributed by atoms with E-state index >= 15 is 0 Å². The van der Waals surface area contributed by atoms with Crippen LogP contribution in [0.1, 0.15) is 25.3 Å². The molecule has 0 N–H and O–H groups in total. The summed E-state index contributed by atoms with van der Waals surface area (Å²) in [7, 11) is 0. The SMILES string of the molecule is C/C=C\C(=O)[C@H](C)c1ccccc1. The van der Waals surface area contributed by atoms with E-state index in [0.717, 1.165) is 5.56 Å². The van der Waals surface area contributed by atoms with E-state index < -0.39 is 0 Å². The van der Waals surface area contributed by atoms with E-state index in [1.165, 1.54) is 0 Å². The van der Waals surface area contributed by atoms with Crippen LogP contribution in [0.4, 0.5) is 0 Å². The van der Waals surface area contributed by atoms with Crippen LogP contribution in [0.5, 0.6) is 0 Å². The monoisotopic (exact) mass is 174 g/mol. The zero-order chi connectivity index (χ0) is 9.68. The predicted octanol–water partition coefficient (Wildman–Crippen LogP) is 2.94. The van der Waals surface area contributed by atoms with E-state index in [2.05, 4.69) is 0 Å². The normalized spacial score (nSPS) is 13.1. The van der Waals surface area contributed by atoms with Gasteiger partial charge in [0.1, 0.15) is 0 Å². The van der Waals surface area contributed by atoms with Crippen LogP contribution in [0.25, 0.3) is 0 Å². The molecule has 0 saturated carbocycles. The number of benzene rings is 1. The Morgan fingerprint density at radius 2 is 1.92 bits per heavy atom. The van der Waals surface area contributed by atoms with Gasteiger partial charge in [-0.15, -0.1) is 0 Å². The van der Waals surface area contributed by atoms with Gasteiger partial charge < -0.3 is 0 Å². The summed E-state index contributed by atoms with van der Waals surface area (Å²) in [5.41, 5.74) is 1.07.